The molecule has 0 spiro atoms. The summed E-state index contributed by atoms with van der Waals surface area (Å²) >= 11 is 1.78. The molecule has 6 heteroatoms. The van der Waals surface area contributed by atoms with Crippen molar-refractivity contribution in [3.05, 3.63) is 77.7 Å². The zero-order chi connectivity index (χ0) is 19.5. The first-order valence-electron chi connectivity index (χ1n) is 9.13. The van der Waals surface area contributed by atoms with E-state index in [1.807, 2.05) is 36.1 Å². The number of fused-ring (bicyclic) bond motifs is 1. The molecule has 1 N–H and O–H groups in total. The average Bonchev–Trinajstić information content (AvgIpc) is 3.16. The van der Waals surface area contributed by atoms with Crippen molar-refractivity contribution in [2.45, 2.75) is 18.2 Å². The van der Waals surface area contributed by atoms with Crippen LogP contribution in [0.3, 0.4) is 0 Å². The van der Waals surface area contributed by atoms with Crippen LogP contribution in [0.2, 0.25) is 0 Å². The molecule has 142 valence electrons. The number of amides is 2. The van der Waals surface area contributed by atoms with Crippen molar-refractivity contribution >= 4 is 35.0 Å². The van der Waals surface area contributed by atoms with Crippen LogP contribution in [0.5, 0.6) is 0 Å². The van der Waals surface area contributed by atoms with Crippen LogP contribution in [0.4, 0.5) is 11.4 Å². The van der Waals surface area contributed by atoms with E-state index in [2.05, 4.69) is 11.4 Å². The zero-order valence-corrected chi connectivity index (χ0v) is 16.3. The predicted octanol–water partition coefficient (Wildman–Crippen LogP) is 4.98. The second kappa shape index (κ2) is 7.94. The molecular weight excluding hydrogens is 372 g/mol. The molecule has 0 unspecified atom stereocenters. The first-order valence-corrected chi connectivity index (χ1v) is 10.1. The minimum Gasteiger partial charge on any atom is -0.459 e. The zero-order valence-electron chi connectivity index (χ0n) is 15.5. The van der Waals surface area contributed by atoms with Crippen molar-refractivity contribution in [1.29, 1.82) is 0 Å². The van der Waals surface area contributed by atoms with E-state index < -0.39 is 0 Å². The Morgan fingerprint density at radius 3 is 2.79 bits per heavy atom. The van der Waals surface area contributed by atoms with Crippen LogP contribution in [0.15, 0.2) is 70.2 Å². The van der Waals surface area contributed by atoms with Crippen LogP contribution in [-0.4, -0.2) is 24.1 Å². The molecule has 1 aromatic heterocycles. The van der Waals surface area contributed by atoms with Gasteiger partial charge in [0.2, 0.25) is 0 Å². The van der Waals surface area contributed by atoms with Gasteiger partial charge in [0.1, 0.15) is 0 Å². The highest BCUT2D eigenvalue weighted by Crippen LogP contribution is 2.34. The Labute approximate surface area is 167 Å². The maximum absolute atomic E-state index is 13.3. The molecule has 0 saturated heterocycles. The number of carbonyl (C=O) groups is 2. The molecule has 0 saturated carbocycles. The standard InChI is InChI=1S/C22H20N2O3S/c1-15-9-10-16(14-17(15)23-21(25)19-7-4-12-27-19)22(26)24-11-5-13-28-20-8-3-2-6-18(20)24/h2-4,6-10,12,14H,5,11,13H2,1H3,(H,23,25). The van der Waals surface area contributed by atoms with Crippen LogP contribution in [-0.2, 0) is 0 Å². The maximum atomic E-state index is 13.3. The Kier molecular flexibility index (Phi) is 5.21. The minimum absolute atomic E-state index is 0.0663. The van der Waals surface area contributed by atoms with E-state index in [0.717, 1.165) is 28.3 Å². The molecular formula is C22H20N2O3S. The first-order chi connectivity index (χ1) is 13.6. The van der Waals surface area contributed by atoms with Crippen LogP contribution < -0.4 is 10.2 Å². The number of hydrogen-bond donors (Lipinski definition) is 1. The quantitative estimate of drug-likeness (QED) is 0.683. The molecule has 0 atom stereocenters. The van der Waals surface area contributed by atoms with Gasteiger partial charge in [-0.3, -0.25) is 9.59 Å². The molecule has 2 aromatic carbocycles. The molecule has 2 heterocycles. The van der Waals surface area contributed by atoms with Crippen LogP contribution in [0, 0.1) is 6.92 Å². The van der Waals surface area contributed by atoms with Gasteiger partial charge in [-0.1, -0.05) is 18.2 Å². The SMILES string of the molecule is Cc1ccc(C(=O)N2CCCSc3ccccc32)cc1NC(=O)c1ccco1. The number of nitrogens with zero attached hydrogens (tertiary/aromatic N) is 1. The van der Waals surface area contributed by atoms with E-state index >= 15 is 0 Å². The highest BCUT2D eigenvalue weighted by atomic mass is 32.2. The lowest BCUT2D eigenvalue weighted by molar-refractivity contribution is 0.0980. The number of carbonyl (C=O) groups excluding carboxylic acids is 2. The van der Waals surface area contributed by atoms with Gasteiger partial charge in [0.25, 0.3) is 11.8 Å². The van der Waals surface area contributed by atoms with Crippen LogP contribution >= 0.6 is 11.8 Å². The fourth-order valence-electron chi connectivity index (χ4n) is 3.18. The van der Waals surface area contributed by atoms with Gasteiger partial charge >= 0.3 is 0 Å². The van der Waals surface area contributed by atoms with E-state index in [4.69, 9.17) is 4.42 Å². The normalized spacial score (nSPS) is 13.5. The fraction of sp³-hybridized carbons (Fsp3) is 0.182. The van der Waals surface area contributed by atoms with Crippen molar-refractivity contribution in [1.82, 2.24) is 0 Å². The molecule has 0 bridgehead atoms. The summed E-state index contributed by atoms with van der Waals surface area (Å²) < 4.78 is 5.14. The molecule has 1 aliphatic rings. The summed E-state index contributed by atoms with van der Waals surface area (Å²) in [6, 6.07) is 16.6. The van der Waals surface area contributed by atoms with Gasteiger partial charge in [-0.2, -0.15) is 0 Å². The number of thioether (sulfide) groups is 1. The maximum Gasteiger partial charge on any atom is 0.291 e. The van der Waals surface area contributed by atoms with Crippen molar-refractivity contribution in [2.24, 2.45) is 0 Å². The average molecular weight is 392 g/mol. The van der Waals surface area contributed by atoms with Gasteiger partial charge in [0.05, 0.1) is 12.0 Å². The molecule has 4 rings (SSSR count). The third kappa shape index (κ3) is 3.68. The number of aryl methyl sites for hydroxylation is 1. The Morgan fingerprint density at radius 2 is 1.96 bits per heavy atom. The van der Waals surface area contributed by atoms with Crippen LogP contribution in [0.1, 0.15) is 32.9 Å². The molecule has 1 aliphatic heterocycles. The van der Waals surface area contributed by atoms with Gasteiger partial charge in [-0.05, 0) is 61.1 Å². The molecule has 28 heavy (non-hydrogen) atoms. The predicted molar refractivity (Wildman–Crippen MR) is 111 cm³/mol. The number of nitrogens with one attached hydrogen (secondary N) is 1. The summed E-state index contributed by atoms with van der Waals surface area (Å²) in [4.78, 5) is 28.5. The summed E-state index contributed by atoms with van der Waals surface area (Å²) in [7, 11) is 0. The van der Waals surface area contributed by atoms with Gasteiger partial charge in [-0.15, -0.1) is 11.8 Å². The van der Waals surface area contributed by atoms with E-state index in [-0.39, 0.29) is 17.6 Å². The Balaban J connectivity index is 1.63. The lowest BCUT2D eigenvalue weighted by Gasteiger charge is -2.23. The molecule has 3 aromatic rings. The summed E-state index contributed by atoms with van der Waals surface area (Å²) in [5.41, 5.74) is 2.96. The largest absolute Gasteiger partial charge is 0.459 e. The number of furan rings is 1. The number of hydrogen-bond acceptors (Lipinski definition) is 4. The third-order valence-corrected chi connectivity index (χ3v) is 5.81. The lowest BCUT2D eigenvalue weighted by Crippen LogP contribution is -2.32. The topological polar surface area (TPSA) is 62.6 Å². The lowest BCUT2D eigenvalue weighted by atomic mass is 10.1. The van der Waals surface area contributed by atoms with E-state index in [1.54, 1.807) is 36.0 Å². The molecule has 2 amide bonds. The summed E-state index contributed by atoms with van der Waals surface area (Å²) in [5, 5.41) is 2.83. The van der Waals surface area contributed by atoms with Gasteiger partial charge in [0, 0.05) is 22.7 Å². The molecule has 5 nitrogen and oxygen atoms in total. The molecule has 0 fully saturated rings. The highest BCUT2D eigenvalue weighted by molar-refractivity contribution is 7.99. The van der Waals surface area contributed by atoms with Gasteiger partial charge in [-0.25, -0.2) is 0 Å². The number of benzene rings is 2. The third-order valence-electron chi connectivity index (χ3n) is 4.66. The van der Waals surface area contributed by atoms with Gasteiger partial charge < -0.3 is 14.6 Å². The smallest absolute Gasteiger partial charge is 0.291 e. The fourth-order valence-corrected chi connectivity index (χ4v) is 4.17. The Morgan fingerprint density at radius 1 is 1.11 bits per heavy atom. The molecule has 0 radical (unpaired) electrons. The van der Waals surface area contributed by atoms with Crippen LogP contribution in [0.25, 0.3) is 0 Å². The minimum atomic E-state index is -0.339. The van der Waals surface area contributed by atoms with Crippen molar-refractivity contribution in [3.8, 4) is 0 Å². The summed E-state index contributed by atoms with van der Waals surface area (Å²) in [6.45, 7) is 2.56. The number of rotatable bonds is 3. The first kappa shape index (κ1) is 18.4. The van der Waals surface area contributed by atoms with Crippen molar-refractivity contribution in [2.75, 3.05) is 22.5 Å². The van der Waals surface area contributed by atoms with Crippen molar-refractivity contribution < 1.29 is 14.0 Å². The Hall–Kier alpha value is -2.99. The molecule has 0 aliphatic carbocycles. The van der Waals surface area contributed by atoms with Gasteiger partial charge in [0.15, 0.2) is 5.76 Å². The Bertz CT molecular complexity index is 1010. The second-order valence-corrected chi connectivity index (χ2v) is 7.72. The monoisotopic (exact) mass is 392 g/mol. The van der Waals surface area contributed by atoms with E-state index in [0.29, 0.717) is 17.8 Å². The van der Waals surface area contributed by atoms with E-state index in [1.165, 1.54) is 6.26 Å². The summed E-state index contributed by atoms with van der Waals surface area (Å²) in [6.07, 6.45) is 2.38. The van der Waals surface area contributed by atoms with Crippen molar-refractivity contribution in [3.63, 3.8) is 0 Å². The number of anilines is 2. The van der Waals surface area contributed by atoms with E-state index in [9.17, 15) is 9.59 Å². The second-order valence-electron chi connectivity index (χ2n) is 6.59. The number of para-hydroxylation sites is 1. The highest BCUT2D eigenvalue weighted by Gasteiger charge is 2.23. The summed E-state index contributed by atoms with van der Waals surface area (Å²) in [5.74, 6) is 0.811.